The molecule has 46 heavy (non-hydrogen) atoms. The minimum Gasteiger partial charge on any atom is -0.478 e. The average molecular weight is 674 g/mol. The maximum absolute atomic E-state index is 13.2. The smallest absolute Gasteiger partial charge is 0.352 e. The number of nitrogens with one attached hydrogen (secondary N) is 2. The molecular formula is C27H33N10O7S2+. The van der Waals surface area contributed by atoms with Gasteiger partial charge in [-0.3, -0.25) is 14.5 Å². The van der Waals surface area contributed by atoms with Crippen molar-refractivity contribution in [1.82, 2.24) is 24.9 Å². The Labute approximate surface area is 271 Å². The summed E-state index contributed by atoms with van der Waals surface area (Å²) >= 11 is 2.03. The molecule has 244 valence electrons. The lowest BCUT2D eigenvalue weighted by molar-refractivity contribution is -0.439. The average Bonchev–Trinajstić information content (AvgIpc) is 3.43. The molecule has 10 N–H and O–H groups in total. The van der Waals surface area contributed by atoms with E-state index < -0.39 is 46.5 Å². The molecule has 1 aromatic rings. The summed E-state index contributed by atoms with van der Waals surface area (Å²) in [4.78, 5) is 60.3. The molecule has 4 rings (SSSR count). The van der Waals surface area contributed by atoms with Gasteiger partial charge in [0.25, 0.3) is 11.8 Å². The van der Waals surface area contributed by atoms with Crippen LogP contribution in [0.15, 0.2) is 64.4 Å². The standard InChI is InChI=1S/C27H32N10O7S2/c1-27(2,25(42)43)44-34-17(20-33-26(30)46-35-20)21(38)32-18-22(39)37-19(24(40)41)14(13-45-23(18)37)6-5-11-36-10-4-3-7-15(29)16(12-36)31-9-8-28/h3-7,10,12,18,23,29,31H,8-9,11,13,28H2,1-2H3,(H5,30,32,33,35,38,40,41,42,43)/p+1/b6-5+,7-3+,10-4?,16-12?,34-17-/t18-,23?/m1/s1. The van der Waals surface area contributed by atoms with E-state index in [1.54, 1.807) is 30.5 Å². The minimum atomic E-state index is -1.80. The van der Waals surface area contributed by atoms with Gasteiger partial charge in [0.2, 0.25) is 17.1 Å². The van der Waals surface area contributed by atoms with Crippen LogP contribution in [0.4, 0.5) is 5.13 Å². The second-order valence-corrected chi connectivity index (χ2v) is 12.2. The summed E-state index contributed by atoms with van der Waals surface area (Å²) in [5.74, 6) is -4.24. The zero-order valence-electron chi connectivity index (χ0n) is 24.7. The first-order chi connectivity index (χ1) is 21.8. The Morgan fingerprint density at radius 2 is 2.04 bits per heavy atom. The molecule has 0 radical (unpaired) electrons. The van der Waals surface area contributed by atoms with Crippen molar-refractivity contribution in [3.05, 3.63) is 65.1 Å². The molecule has 0 bridgehead atoms. The van der Waals surface area contributed by atoms with Crippen molar-refractivity contribution in [1.29, 1.82) is 0 Å². The number of carbonyl (C=O) groups is 4. The van der Waals surface area contributed by atoms with E-state index in [1.807, 2.05) is 16.9 Å². The van der Waals surface area contributed by atoms with Crippen LogP contribution < -0.4 is 27.8 Å². The molecule has 1 saturated heterocycles. The topological polar surface area (TPSA) is 264 Å². The molecule has 4 heterocycles. The predicted octanol–water partition coefficient (Wildman–Crippen LogP) is -1.12. The number of anilines is 1. The molecular weight excluding hydrogens is 640 g/mol. The molecule has 1 aromatic heterocycles. The number of carboxylic acid groups (broad SMARTS) is 2. The highest BCUT2D eigenvalue weighted by Gasteiger charge is 2.54. The Bertz CT molecular complexity index is 1640. The summed E-state index contributed by atoms with van der Waals surface area (Å²) in [6, 6.07) is -1.11. The number of hydrogen-bond acceptors (Lipinski definition) is 14. The van der Waals surface area contributed by atoms with Gasteiger partial charge in [0.15, 0.2) is 24.1 Å². The maximum atomic E-state index is 13.2. The lowest BCUT2D eigenvalue weighted by Crippen LogP contribution is -2.71. The Kier molecular flexibility index (Phi) is 10.6. The third kappa shape index (κ3) is 7.61. The van der Waals surface area contributed by atoms with Gasteiger partial charge in [0, 0.05) is 36.5 Å². The molecule has 0 spiro atoms. The molecule has 2 atom stereocenters. The van der Waals surface area contributed by atoms with Crippen LogP contribution in [-0.2, 0) is 24.0 Å². The first-order valence-electron chi connectivity index (χ1n) is 13.7. The summed E-state index contributed by atoms with van der Waals surface area (Å²) in [5, 5.41) is 28.0. The zero-order valence-corrected chi connectivity index (χ0v) is 26.4. The normalized spacial score (nSPS) is 22.4. The van der Waals surface area contributed by atoms with E-state index in [9.17, 15) is 29.4 Å². The first kappa shape index (κ1) is 33.9. The number of aromatic nitrogens is 2. The van der Waals surface area contributed by atoms with Gasteiger partial charge in [-0.05, 0) is 31.6 Å². The SMILES string of the molecule is CC(C)(O/N=C(\C(=O)N[C@@H]1C(=O)N2C(C(=O)O)=C(/C=C/C[N+]3=C/C(NCCN)=C(N)\C=C\C=C3)CSC12)c1nsc(N)n1)C(=O)O. The highest BCUT2D eigenvalue weighted by molar-refractivity contribution is 8.00. The highest BCUT2D eigenvalue weighted by atomic mass is 32.2. The van der Waals surface area contributed by atoms with Crippen LogP contribution >= 0.6 is 23.3 Å². The molecule has 17 nitrogen and oxygen atoms in total. The Hall–Kier alpha value is -5.01. The molecule has 1 fully saturated rings. The predicted molar refractivity (Wildman–Crippen MR) is 170 cm³/mol. The summed E-state index contributed by atoms with van der Waals surface area (Å²) in [7, 11) is 0. The van der Waals surface area contributed by atoms with Crippen LogP contribution in [0, 0.1) is 0 Å². The number of rotatable bonds is 13. The number of thioether (sulfide) groups is 1. The summed E-state index contributed by atoms with van der Waals surface area (Å²) in [6.07, 6.45) is 12.4. The van der Waals surface area contributed by atoms with Gasteiger partial charge in [-0.15, -0.1) is 11.8 Å². The highest BCUT2D eigenvalue weighted by Crippen LogP contribution is 2.40. The Morgan fingerprint density at radius 3 is 2.70 bits per heavy atom. The zero-order chi connectivity index (χ0) is 33.6. The quantitative estimate of drug-likeness (QED) is 0.0566. The van der Waals surface area contributed by atoms with E-state index in [1.165, 1.54) is 25.6 Å². The maximum Gasteiger partial charge on any atom is 0.352 e. The number of amides is 2. The number of carbonyl (C=O) groups excluding carboxylic acids is 2. The summed E-state index contributed by atoms with van der Waals surface area (Å²) in [5.41, 5.74) is 16.5. The molecule has 0 saturated carbocycles. The fourth-order valence-corrected chi connectivity index (χ4v) is 5.93. The molecule has 1 unspecified atom stereocenters. The van der Waals surface area contributed by atoms with Crippen molar-refractivity contribution >= 4 is 64.1 Å². The van der Waals surface area contributed by atoms with E-state index in [2.05, 4.69) is 25.1 Å². The fourth-order valence-electron chi connectivity index (χ4n) is 4.17. The van der Waals surface area contributed by atoms with Crippen molar-refractivity contribution in [2.75, 3.05) is 31.1 Å². The number of fused-ring (bicyclic) bond motifs is 1. The van der Waals surface area contributed by atoms with Crippen LogP contribution in [0.2, 0.25) is 0 Å². The lowest BCUT2D eigenvalue weighted by atomic mass is 10.0. The summed E-state index contributed by atoms with van der Waals surface area (Å²) in [6.45, 7) is 3.75. The molecule has 3 aliphatic rings. The van der Waals surface area contributed by atoms with Crippen LogP contribution in [0.5, 0.6) is 0 Å². The van der Waals surface area contributed by atoms with E-state index in [0.717, 1.165) is 16.4 Å². The number of aliphatic carboxylic acids is 2. The third-order valence-corrected chi connectivity index (χ3v) is 8.45. The molecule has 0 aromatic carbocycles. The van der Waals surface area contributed by atoms with Gasteiger partial charge in [-0.1, -0.05) is 17.3 Å². The van der Waals surface area contributed by atoms with E-state index in [4.69, 9.17) is 22.0 Å². The van der Waals surface area contributed by atoms with Crippen molar-refractivity contribution < 1.29 is 38.8 Å². The minimum absolute atomic E-state index is 0.0138. The number of nitrogens with two attached hydrogens (primary N) is 3. The van der Waals surface area contributed by atoms with Gasteiger partial charge in [0.05, 0.1) is 5.70 Å². The Balaban J connectivity index is 1.51. The Morgan fingerprint density at radius 1 is 1.28 bits per heavy atom. The summed E-state index contributed by atoms with van der Waals surface area (Å²) < 4.78 is 5.78. The number of β-lactam (4-membered cyclic amide) rings is 1. The van der Waals surface area contributed by atoms with E-state index in [-0.39, 0.29) is 22.4 Å². The molecule has 3 aliphatic heterocycles. The number of allylic oxidation sites excluding steroid dienone is 5. The lowest BCUT2D eigenvalue weighted by Gasteiger charge is -2.49. The van der Waals surface area contributed by atoms with Gasteiger partial charge in [-0.2, -0.15) is 13.9 Å². The van der Waals surface area contributed by atoms with Crippen molar-refractivity contribution in [3.63, 3.8) is 0 Å². The third-order valence-electron chi connectivity index (χ3n) is 6.60. The van der Waals surface area contributed by atoms with Crippen molar-refractivity contribution in [2.24, 2.45) is 16.6 Å². The van der Waals surface area contributed by atoms with Gasteiger partial charge in [-0.25, -0.2) is 9.59 Å². The van der Waals surface area contributed by atoms with Crippen LogP contribution in [-0.4, -0.2) is 107 Å². The van der Waals surface area contributed by atoms with Crippen LogP contribution in [0.3, 0.4) is 0 Å². The van der Waals surface area contributed by atoms with E-state index in [0.29, 0.717) is 36.6 Å². The first-order valence-corrected chi connectivity index (χ1v) is 15.5. The fraction of sp³-hybridized carbons (Fsp3) is 0.333. The van der Waals surface area contributed by atoms with Gasteiger partial charge in [0.1, 0.15) is 22.8 Å². The number of nitrogens with zero attached hydrogens (tertiary/aromatic N) is 5. The number of carboxylic acids is 2. The number of nitrogen functional groups attached to an aromatic ring is 1. The second-order valence-electron chi connectivity index (χ2n) is 10.4. The van der Waals surface area contributed by atoms with Gasteiger partial charge < -0.3 is 42.9 Å². The van der Waals surface area contributed by atoms with Crippen LogP contribution in [0.1, 0.15) is 19.7 Å². The molecule has 0 aliphatic carbocycles. The van der Waals surface area contributed by atoms with Crippen molar-refractivity contribution in [3.8, 4) is 0 Å². The number of hydrogen-bond donors (Lipinski definition) is 7. The van der Waals surface area contributed by atoms with Crippen LogP contribution in [0.25, 0.3) is 0 Å². The van der Waals surface area contributed by atoms with Crippen molar-refractivity contribution in [2.45, 2.75) is 30.9 Å². The van der Waals surface area contributed by atoms with Gasteiger partial charge >= 0.3 is 11.9 Å². The monoisotopic (exact) mass is 673 g/mol. The molecule has 2 amide bonds. The number of oxime groups is 1. The molecule has 19 heteroatoms. The second kappa shape index (κ2) is 14.4. The van der Waals surface area contributed by atoms with E-state index >= 15 is 0 Å². The largest absolute Gasteiger partial charge is 0.478 e.